The monoisotopic (exact) mass is 238 g/mol. The second-order valence-corrected chi connectivity index (χ2v) is 4.47. The maximum Gasteiger partial charge on any atom is 0.168 e. The highest BCUT2D eigenvalue weighted by Crippen LogP contribution is 2.23. The predicted molar refractivity (Wildman–Crippen MR) is 70.9 cm³/mol. The van der Waals surface area contributed by atoms with Crippen LogP contribution in [0.3, 0.4) is 0 Å². The number of nitrogens with one attached hydrogen (secondary N) is 1. The lowest BCUT2D eigenvalue weighted by molar-refractivity contribution is 0.0992. The van der Waals surface area contributed by atoms with Crippen molar-refractivity contribution >= 4 is 11.5 Å². The van der Waals surface area contributed by atoms with Crippen LogP contribution in [-0.2, 0) is 12.8 Å². The molecule has 0 saturated heterocycles. The summed E-state index contributed by atoms with van der Waals surface area (Å²) < 4.78 is 0. The quantitative estimate of drug-likeness (QED) is 0.835. The summed E-state index contributed by atoms with van der Waals surface area (Å²) in [6.45, 7) is 0.965. The number of pyridine rings is 1. The van der Waals surface area contributed by atoms with Gasteiger partial charge in [-0.3, -0.25) is 9.78 Å². The van der Waals surface area contributed by atoms with Gasteiger partial charge in [-0.15, -0.1) is 0 Å². The number of carbonyl (C=O) groups excluding carboxylic acids is 1. The number of ketones is 1. The molecule has 3 nitrogen and oxygen atoms in total. The number of rotatable bonds is 3. The summed E-state index contributed by atoms with van der Waals surface area (Å²) in [5.41, 5.74) is 4.00. The smallest absolute Gasteiger partial charge is 0.168 e. The van der Waals surface area contributed by atoms with Gasteiger partial charge in [-0.25, -0.2) is 0 Å². The van der Waals surface area contributed by atoms with Gasteiger partial charge >= 0.3 is 0 Å². The van der Waals surface area contributed by atoms with Gasteiger partial charge in [0.25, 0.3) is 0 Å². The van der Waals surface area contributed by atoms with Gasteiger partial charge in [0, 0.05) is 29.7 Å². The van der Waals surface area contributed by atoms with Crippen LogP contribution in [0.4, 0.5) is 5.69 Å². The minimum absolute atomic E-state index is 0.128. The average Bonchev–Trinajstić information content (AvgIpc) is 2.87. The van der Waals surface area contributed by atoms with Crippen LogP contribution in [0.2, 0.25) is 0 Å². The lowest BCUT2D eigenvalue weighted by Gasteiger charge is -2.04. The fourth-order valence-corrected chi connectivity index (χ4v) is 2.25. The summed E-state index contributed by atoms with van der Waals surface area (Å²) in [4.78, 5) is 16.3. The van der Waals surface area contributed by atoms with E-state index in [1.807, 2.05) is 36.4 Å². The number of anilines is 1. The Labute approximate surface area is 106 Å². The molecule has 2 heterocycles. The van der Waals surface area contributed by atoms with E-state index in [0.29, 0.717) is 6.42 Å². The highest BCUT2D eigenvalue weighted by atomic mass is 16.1. The van der Waals surface area contributed by atoms with E-state index in [1.165, 1.54) is 5.56 Å². The Morgan fingerprint density at radius 2 is 2.22 bits per heavy atom. The number of nitrogens with zero attached hydrogens (tertiary/aromatic N) is 1. The summed E-state index contributed by atoms with van der Waals surface area (Å²) in [6.07, 6.45) is 3.09. The van der Waals surface area contributed by atoms with Gasteiger partial charge in [-0.2, -0.15) is 0 Å². The van der Waals surface area contributed by atoms with Crippen LogP contribution in [0.1, 0.15) is 21.6 Å². The molecule has 0 aliphatic carbocycles. The summed E-state index contributed by atoms with van der Waals surface area (Å²) in [6, 6.07) is 11.5. The molecule has 0 fully saturated rings. The van der Waals surface area contributed by atoms with Gasteiger partial charge in [-0.05, 0) is 42.3 Å². The average molecular weight is 238 g/mol. The van der Waals surface area contributed by atoms with Crippen molar-refractivity contribution in [1.29, 1.82) is 0 Å². The fourth-order valence-electron chi connectivity index (χ4n) is 2.25. The van der Waals surface area contributed by atoms with Gasteiger partial charge in [0.1, 0.15) is 0 Å². The summed E-state index contributed by atoms with van der Waals surface area (Å²) in [5.74, 6) is 0.128. The van der Waals surface area contributed by atoms with Gasteiger partial charge in [0.2, 0.25) is 0 Å². The maximum atomic E-state index is 12.2. The van der Waals surface area contributed by atoms with E-state index in [0.717, 1.165) is 29.9 Å². The molecular weight excluding hydrogens is 224 g/mol. The molecule has 1 N–H and O–H groups in total. The Bertz CT molecular complexity index is 578. The molecule has 3 rings (SSSR count). The van der Waals surface area contributed by atoms with Crippen LogP contribution in [0.5, 0.6) is 0 Å². The number of aromatic nitrogens is 1. The van der Waals surface area contributed by atoms with E-state index in [9.17, 15) is 4.79 Å². The molecule has 1 aliphatic heterocycles. The molecule has 0 radical (unpaired) electrons. The number of Topliss-reactive ketones (excluding diaryl/α,β-unsaturated/α-hetero) is 1. The zero-order chi connectivity index (χ0) is 12.4. The maximum absolute atomic E-state index is 12.2. The molecule has 0 spiro atoms. The van der Waals surface area contributed by atoms with E-state index < -0.39 is 0 Å². The molecule has 1 aliphatic rings. The molecular formula is C15H14N2O. The van der Waals surface area contributed by atoms with Crippen LogP contribution in [0, 0.1) is 0 Å². The Hall–Kier alpha value is -2.16. The van der Waals surface area contributed by atoms with Crippen LogP contribution in [0.15, 0.2) is 42.6 Å². The van der Waals surface area contributed by atoms with Gasteiger partial charge in [0.05, 0.1) is 6.42 Å². The molecule has 1 aromatic carbocycles. The number of carbonyl (C=O) groups is 1. The van der Waals surface area contributed by atoms with Gasteiger partial charge in [0.15, 0.2) is 5.78 Å². The first kappa shape index (κ1) is 11.0. The minimum Gasteiger partial charge on any atom is -0.384 e. The van der Waals surface area contributed by atoms with Crippen molar-refractivity contribution in [2.45, 2.75) is 12.8 Å². The Balaban J connectivity index is 1.81. The SMILES string of the molecule is O=C(Cc1ccccn1)c1ccc2c(c1)CCN2. The molecule has 3 heteroatoms. The van der Waals surface area contributed by atoms with Crippen LogP contribution >= 0.6 is 0 Å². The Kier molecular flexibility index (Phi) is 2.81. The van der Waals surface area contributed by atoms with E-state index in [1.54, 1.807) is 6.20 Å². The normalized spacial score (nSPS) is 12.9. The minimum atomic E-state index is 0.128. The molecule has 18 heavy (non-hydrogen) atoms. The highest BCUT2D eigenvalue weighted by Gasteiger charge is 2.13. The lowest BCUT2D eigenvalue weighted by Crippen LogP contribution is -2.05. The molecule has 90 valence electrons. The molecule has 0 amide bonds. The van der Waals surface area contributed by atoms with Crippen molar-refractivity contribution < 1.29 is 4.79 Å². The first-order valence-corrected chi connectivity index (χ1v) is 6.13. The topological polar surface area (TPSA) is 42.0 Å². The van der Waals surface area contributed by atoms with Crippen molar-refractivity contribution in [2.24, 2.45) is 0 Å². The number of hydrogen-bond acceptors (Lipinski definition) is 3. The third-order valence-corrected chi connectivity index (χ3v) is 3.20. The van der Waals surface area contributed by atoms with Crippen molar-refractivity contribution in [2.75, 3.05) is 11.9 Å². The lowest BCUT2D eigenvalue weighted by atomic mass is 10.0. The first-order chi connectivity index (χ1) is 8.83. The van der Waals surface area contributed by atoms with Gasteiger partial charge < -0.3 is 5.32 Å². The summed E-state index contributed by atoms with van der Waals surface area (Å²) in [5, 5.41) is 3.29. The first-order valence-electron chi connectivity index (χ1n) is 6.13. The third-order valence-electron chi connectivity index (χ3n) is 3.20. The van der Waals surface area contributed by atoms with Crippen LogP contribution in [0.25, 0.3) is 0 Å². The molecule has 1 aromatic heterocycles. The summed E-state index contributed by atoms with van der Waals surface area (Å²) >= 11 is 0. The molecule has 0 atom stereocenters. The van der Waals surface area contributed by atoms with E-state index in [2.05, 4.69) is 10.3 Å². The molecule has 0 bridgehead atoms. The van der Waals surface area contributed by atoms with Crippen molar-refractivity contribution in [3.05, 3.63) is 59.4 Å². The standard InChI is InChI=1S/C15H14N2O/c18-15(10-13-3-1-2-7-16-13)12-4-5-14-11(9-12)6-8-17-14/h1-5,7,9,17H,6,8,10H2. The van der Waals surface area contributed by atoms with Crippen molar-refractivity contribution in [1.82, 2.24) is 4.98 Å². The van der Waals surface area contributed by atoms with Crippen molar-refractivity contribution in [3.63, 3.8) is 0 Å². The fraction of sp³-hybridized carbons (Fsp3) is 0.200. The largest absolute Gasteiger partial charge is 0.384 e. The molecule has 0 unspecified atom stereocenters. The second kappa shape index (κ2) is 4.61. The zero-order valence-electron chi connectivity index (χ0n) is 10.0. The van der Waals surface area contributed by atoms with Crippen LogP contribution < -0.4 is 5.32 Å². The van der Waals surface area contributed by atoms with E-state index >= 15 is 0 Å². The van der Waals surface area contributed by atoms with E-state index in [4.69, 9.17) is 0 Å². The third kappa shape index (κ3) is 2.12. The number of benzene rings is 1. The zero-order valence-corrected chi connectivity index (χ0v) is 10.0. The second-order valence-electron chi connectivity index (χ2n) is 4.47. The highest BCUT2D eigenvalue weighted by molar-refractivity contribution is 5.98. The van der Waals surface area contributed by atoms with Crippen LogP contribution in [-0.4, -0.2) is 17.3 Å². The van der Waals surface area contributed by atoms with Gasteiger partial charge in [-0.1, -0.05) is 6.07 Å². The van der Waals surface area contributed by atoms with E-state index in [-0.39, 0.29) is 5.78 Å². The molecule has 2 aromatic rings. The summed E-state index contributed by atoms with van der Waals surface area (Å²) in [7, 11) is 0. The number of hydrogen-bond donors (Lipinski definition) is 1. The predicted octanol–water partition coefficient (Wildman–Crippen LogP) is 2.47. The molecule has 0 saturated carbocycles. The van der Waals surface area contributed by atoms with Crippen molar-refractivity contribution in [3.8, 4) is 0 Å². The Morgan fingerprint density at radius 1 is 1.28 bits per heavy atom. The Morgan fingerprint density at radius 3 is 3.06 bits per heavy atom. The number of fused-ring (bicyclic) bond motifs is 1.